The zero-order valence-electron chi connectivity index (χ0n) is 17.9. The number of hydrogen-bond donors (Lipinski definition) is 0. The minimum atomic E-state index is -0.0177. The Balaban J connectivity index is 1.35. The van der Waals surface area contributed by atoms with Crippen LogP contribution >= 0.6 is 0 Å². The molecule has 0 aliphatic carbocycles. The second-order valence-electron chi connectivity index (χ2n) is 8.43. The third-order valence-electron chi connectivity index (χ3n) is 6.26. The van der Waals surface area contributed by atoms with Gasteiger partial charge in [-0.15, -0.1) is 0 Å². The second-order valence-corrected chi connectivity index (χ2v) is 8.43. The van der Waals surface area contributed by atoms with Crippen molar-refractivity contribution in [2.75, 3.05) is 31.1 Å². The van der Waals surface area contributed by atoms with Gasteiger partial charge in [-0.3, -0.25) is 9.59 Å². The molecule has 2 aromatic rings. The molecule has 2 aromatic carbocycles. The van der Waals surface area contributed by atoms with Crippen LogP contribution < -0.4 is 9.64 Å². The number of likely N-dealkylation sites (tertiary alicyclic amines) is 1. The number of para-hydroxylation sites is 1. The molecule has 0 radical (unpaired) electrons. The minimum absolute atomic E-state index is 0.0145. The first kappa shape index (κ1) is 20.5. The van der Waals surface area contributed by atoms with Crippen molar-refractivity contribution in [1.82, 2.24) is 4.90 Å². The van der Waals surface area contributed by atoms with Crippen LogP contribution in [0.2, 0.25) is 0 Å². The molecule has 1 fully saturated rings. The standard InChI is InChI=1S/C25H30N2O3/c1-18-15-19(2)22-9-6-12-27(23(22)16-18)25(29)20-10-13-26(14-11-20)24(28)17-30-21-7-4-3-5-8-21/h3-5,7-8,15-16,20H,6,9-14,17H2,1-2H3. The van der Waals surface area contributed by atoms with Gasteiger partial charge in [-0.1, -0.05) is 24.3 Å². The number of fused-ring (bicyclic) bond motifs is 1. The molecule has 0 bridgehead atoms. The van der Waals surface area contributed by atoms with E-state index in [1.54, 1.807) is 0 Å². The third-order valence-corrected chi connectivity index (χ3v) is 6.26. The fraction of sp³-hybridized carbons (Fsp3) is 0.440. The van der Waals surface area contributed by atoms with Crippen LogP contribution in [0.15, 0.2) is 42.5 Å². The van der Waals surface area contributed by atoms with Crippen LogP contribution in [0.5, 0.6) is 5.75 Å². The molecule has 1 saturated heterocycles. The van der Waals surface area contributed by atoms with E-state index in [-0.39, 0.29) is 24.3 Å². The lowest BCUT2D eigenvalue weighted by molar-refractivity contribution is -0.136. The zero-order valence-corrected chi connectivity index (χ0v) is 17.9. The van der Waals surface area contributed by atoms with Gasteiger partial charge in [0.2, 0.25) is 5.91 Å². The highest BCUT2D eigenvalue weighted by Gasteiger charge is 2.33. The number of carbonyl (C=O) groups excluding carboxylic acids is 2. The summed E-state index contributed by atoms with van der Waals surface area (Å²) in [6.07, 6.45) is 3.48. The molecule has 0 spiro atoms. The smallest absolute Gasteiger partial charge is 0.260 e. The Morgan fingerprint density at radius 3 is 2.50 bits per heavy atom. The highest BCUT2D eigenvalue weighted by atomic mass is 16.5. The van der Waals surface area contributed by atoms with E-state index in [0.717, 1.165) is 25.1 Å². The quantitative estimate of drug-likeness (QED) is 0.774. The summed E-state index contributed by atoms with van der Waals surface area (Å²) < 4.78 is 5.59. The highest BCUT2D eigenvalue weighted by Crippen LogP contribution is 2.33. The van der Waals surface area contributed by atoms with E-state index in [2.05, 4.69) is 26.0 Å². The maximum Gasteiger partial charge on any atom is 0.260 e. The lowest BCUT2D eigenvalue weighted by atomic mass is 9.91. The average Bonchev–Trinajstić information content (AvgIpc) is 2.77. The Bertz CT molecular complexity index is 917. The van der Waals surface area contributed by atoms with E-state index < -0.39 is 0 Å². The molecular weight excluding hydrogens is 376 g/mol. The molecule has 158 valence electrons. The number of amides is 2. The van der Waals surface area contributed by atoms with Crippen LogP contribution in [0.3, 0.4) is 0 Å². The Hall–Kier alpha value is -2.82. The average molecular weight is 407 g/mol. The Kier molecular flexibility index (Phi) is 6.07. The molecule has 5 heteroatoms. The molecule has 2 amide bonds. The number of ether oxygens (including phenoxy) is 1. The third kappa shape index (κ3) is 4.35. The van der Waals surface area contributed by atoms with Crippen LogP contribution in [0.4, 0.5) is 5.69 Å². The number of anilines is 1. The largest absolute Gasteiger partial charge is 0.484 e. The number of carbonyl (C=O) groups is 2. The van der Waals surface area contributed by atoms with Gasteiger partial charge in [0, 0.05) is 31.2 Å². The van der Waals surface area contributed by atoms with Crippen molar-refractivity contribution in [3.05, 3.63) is 59.2 Å². The fourth-order valence-electron chi connectivity index (χ4n) is 4.65. The number of rotatable bonds is 4. The van der Waals surface area contributed by atoms with Gasteiger partial charge >= 0.3 is 0 Å². The summed E-state index contributed by atoms with van der Waals surface area (Å²) in [7, 11) is 0. The monoisotopic (exact) mass is 406 g/mol. The van der Waals surface area contributed by atoms with E-state index in [1.165, 1.54) is 16.7 Å². The molecule has 0 saturated carbocycles. The topological polar surface area (TPSA) is 49.9 Å². The van der Waals surface area contributed by atoms with E-state index >= 15 is 0 Å². The van der Waals surface area contributed by atoms with Crippen molar-refractivity contribution in [2.24, 2.45) is 5.92 Å². The molecule has 0 atom stereocenters. The van der Waals surface area contributed by atoms with Crippen molar-refractivity contribution >= 4 is 17.5 Å². The summed E-state index contributed by atoms with van der Waals surface area (Å²) in [6.45, 7) is 6.29. The van der Waals surface area contributed by atoms with Crippen molar-refractivity contribution < 1.29 is 14.3 Å². The number of nitrogens with zero attached hydrogens (tertiary/aromatic N) is 2. The molecular formula is C25H30N2O3. The lowest BCUT2D eigenvalue weighted by Gasteiger charge is -2.37. The predicted octanol–water partition coefficient (Wildman–Crippen LogP) is 3.90. The SMILES string of the molecule is Cc1cc(C)c2c(c1)N(C(=O)C1CCN(C(=O)COc3ccccc3)CC1)CCC2. The van der Waals surface area contributed by atoms with Gasteiger partial charge in [0.05, 0.1) is 0 Å². The van der Waals surface area contributed by atoms with Crippen LogP contribution in [0, 0.1) is 19.8 Å². The van der Waals surface area contributed by atoms with Gasteiger partial charge < -0.3 is 14.5 Å². The lowest BCUT2D eigenvalue weighted by Crippen LogP contribution is -2.46. The van der Waals surface area contributed by atoms with Crippen LogP contribution in [-0.4, -0.2) is 43.0 Å². The molecule has 2 heterocycles. The normalized spacial score (nSPS) is 16.9. The molecule has 0 aromatic heterocycles. The van der Waals surface area contributed by atoms with E-state index in [0.29, 0.717) is 31.7 Å². The van der Waals surface area contributed by atoms with Crippen molar-refractivity contribution in [1.29, 1.82) is 0 Å². The molecule has 5 nitrogen and oxygen atoms in total. The van der Waals surface area contributed by atoms with Crippen molar-refractivity contribution in [2.45, 2.75) is 39.5 Å². The van der Waals surface area contributed by atoms with Gasteiger partial charge in [0.25, 0.3) is 5.91 Å². The first-order chi connectivity index (χ1) is 14.5. The summed E-state index contributed by atoms with van der Waals surface area (Å²) >= 11 is 0. The molecule has 30 heavy (non-hydrogen) atoms. The van der Waals surface area contributed by atoms with Gasteiger partial charge in [0.1, 0.15) is 5.75 Å². The first-order valence-corrected chi connectivity index (χ1v) is 10.9. The van der Waals surface area contributed by atoms with Gasteiger partial charge in [-0.05, 0) is 74.4 Å². The van der Waals surface area contributed by atoms with Crippen LogP contribution in [-0.2, 0) is 16.0 Å². The predicted molar refractivity (Wildman–Crippen MR) is 118 cm³/mol. The van der Waals surface area contributed by atoms with E-state index in [4.69, 9.17) is 4.74 Å². The van der Waals surface area contributed by atoms with Crippen molar-refractivity contribution in [3.8, 4) is 5.75 Å². The maximum atomic E-state index is 13.3. The zero-order chi connectivity index (χ0) is 21.1. The second kappa shape index (κ2) is 8.90. The summed E-state index contributed by atoms with van der Waals surface area (Å²) in [4.78, 5) is 29.6. The van der Waals surface area contributed by atoms with Crippen molar-refractivity contribution in [3.63, 3.8) is 0 Å². The fourth-order valence-corrected chi connectivity index (χ4v) is 4.65. The summed E-state index contributed by atoms with van der Waals surface area (Å²) in [5.74, 6) is 0.883. The van der Waals surface area contributed by atoms with Gasteiger partial charge in [-0.2, -0.15) is 0 Å². The maximum absolute atomic E-state index is 13.3. The molecule has 0 N–H and O–H groups in total. The first-order valence-electron chi connectivity index (χ1n) is 10.9. The molecule has 0 unspecified atom stereocenters. The van der Waals surface area contributed by atoms with Crippen LogP contribution in [0.1, 0.15) is 36.0 Å². The Morgan fingerprint density at radius 1 is 1.03 bits per heavy atom. The summed E-state index contributed by atoms with van der Waals surface area (Å²) in [5.41, 5.74) is 4.88. The molecule has 2 aliphatic heterocycles. The van der Waals surface area contributed by atoms with Gasteiger partial charge in [0.15, 0.2) is 6.61 Å². The van der Waals surface area contributed by atoms with Crippen LogP contribution in [0.25, 0.3) is 0 Å². The summed E-state index contributed by atoms with van der Waals surface area (Å²) in [6, 6.07) is 13.7. The highest BCUT2D eigenvalue weighted by molar-refractivity contribution is 5.96. The summed E-state index contributed by atoms with van der Waals surface area (Å²) in [5, 5.41) is 0. The van der Waals surface area contributed by atoms with E-state index in [9.17, 15) is 9.59 Å². The number of hydrogen-bond acceptors (Lipinski definition) is 3. The number of piperidine rings is 1. The molecule has 2 aliphatic rings. The van der Waals surface area contributed by atoms with Gasteiger partial charge in [-0.25, -0.2) is 0 Å². The van der Waals surface area contributed by atoms with E-state index in [1.807, 2.05) is 40.1 Å². The Labute approximate surface area is 178 Å². The number of aryl methyl sites for hydroxylation is 2. The number of benzene rings is 2. The molecule has 4 rings (SSSR count). The minimum Gasteiger partial charge on any atom is -0.484 e. The Morgan fingerprint density at radius 2 is 1.77 bits per heavy atom.